The summed E-state index contributed by atoms with van der Waals surface area (Å²) in [5, 5.41) is -0.179. The Morgan fingerprint density at radius 1 is 1.19 bits per heavy atom. The molecule has 8 heteroatoms. The molecule has 0 aliphatic rings. The molecule has 0 saturated heterocycles. The zero-order chi connectivity index (χ0) is 19.6. The summed E-state index contributed by atoms with van der Waals surface area (Å²) in [6.45, 7) is 0.149. The molecule has 1 heterocycles. The van der Waals surface area contributed by atoms with E-state index in [2.05, 4.69) is 4.98 Å². The van der Waals surface area contributed by atoms with Gasteiger partial charge in [0.2, 0.25) is 5.78 Å². The molecule has 0 spiro atoms. The Hall–Kier alpha value is -2.70. The molecule has 0 atom stereocenters. The van der Waals surface area contributed by atoms with Crippen LogP contribution >= 0.6 is 23.2 Å². The Morgan fingerprint density at radius 2 is 1.89 bits per heavy atom. The molecule has 0 radical (unpaired) electrons. The highest BCUT2D eigenvalue weighted by Crippen LogP contribution is 2.21. The molecule has 2 aromatic carbocycles. The molecule has 0 aliphatic carbocycles. The van der Waals surface area contributed by atoms with Gasteiger partial charge in [-0.1, -0.05) is 41.4 Å². The molecular formula is C19H13Cl2FN2O3. The van der Waals surface area contributed by atoms with Gasteiger partial charge in [-0.25, -0.2) is 9.37 Å². The van der Waals surface area contributed by atoms with E-state index in [1.807, 2.05) is 0 Å². The van der Waals surface area contributed by atoms with Crippen LogP contribution in [0.3, 0.4) is 0 Å². The number of hydrogen-bond acceptors (Lipinski definition) is 4. The van der Waals surface area contributed by atoms with Crippen LogP contribution in [0.2, 0.25) is 10.2 Å². The van der Waals surface area contributed by atoms with E-state index < -0.39 is 28.4 Å². The Bertz CT molecular complexity index is 1050. The number of carbonyl (C=O) groups is 1. The normalized spacial score (nSPS) is 10.7. The molecule has 138 valence electrons. The Balaban J connectivity index is 2.03. The molecule has 0 fully saturated rings. The summed E-state index contributed by atoms with van der Waals surface area (Å²) in [5.41, 5.74) is -0.827. The fraction of sp³-hybridized carbons (Fsp3) is 0.105. The van der Waals surface area contributed by atoms with Crippen molar-refractivity contribution in [3.8, 4) is 5.75 Å². The van der Waals surface area contributed by atoms with Crippen molar-refractivity contribution >= 4 is 29.0 Å². The van der Waals surface area contributed by atoms with Gasteiger partial charge in [-0.05, 0) is 29.8 Å². The highest BCUT2D eigenvalue weighted by molar-refractivity contribution is 6.35. The number of methoxy groups -OCH3 is 1. The number of nitrogens with zero attached hydrogens (tertiary/aromatic N) is 2. The van der Waals surface area contributed by atoms with Gasteiger partial charge in [0.05, 0.1) is 24.2 Å². The first-order valence-electron chi connectivity index (χ1n) is 7.79. The van der Waals surface area contributed by atoms with E-state index in [9.17, 15) is 14.0 Å². The molecule has 1 aromatic heterocycles. The lowest BCUT2D eigenvalue weighted by Crippen LogP contribution is -2.29. The fourth-order valence-corrected chi connectivity index (χ4v) is 2.98. The average Bonchev–Trinajstić information content (AvgIpc) is 2.64. The van der Waals surface area contributed by atoms with Crippen molar-refractivity contribution in [1.29, 1.82) is 0 Å². The lowest BCUT2D eigenvalue weighted by atomic mass is 10.1. The number of rotatable bonds is 5. The van der Waals surface area contributed by atoms with Gasteiger partial charge in [0, 0.05) is 6.20 Å². The van der Waals surface area contributed by atoms with Crippen LogP contribution in [-0.2, 0) is 6.54 Å². The van der Waals surface area contributed by atoms with Crippen LogP contribution in [0.5, 0.6) is 5.75 Å². The highest BCUT2D eigenvalue weighted by atomic mass is 35.5. The molecule has 27 heavy (non-hydrogen) atoms. The quantitative estimate of drug-likeness (QED) is 0.601. The zero-order valence-corrected chi connectivity index (χ0v) is 15.6. The predicted octanol–water partition coefficient (Wildman–Crippen LogP) is 3.98. The summed E-state index contributed by atoms with van der Waals surface area (Å²) < 4.78 is 20.4. The van der Waals surface area contributed by atoms with Crippen molar-refractivity contribution in [2.75, 3.05) is 7.11 Å². The van der Waals surface area contributed by atoms with Crippen molar-refractivity contribution < 1.29 is 13.9 Å². The third-order valence-electron chi connectivity index (χ3n) is 3.86. The van der Waals surface area contributed by atoms with Crippen LogP contribution in [0.4, 0.5) is 4.39 Å². The first kappa shape index (κ1) is 19.1. The number of ketones is 1. The van der Waals surface area contributed by atoms with Gasteiger partial charge in [0.15, 0.2) is 5.69 Å². The molecule has 0 bridgehead atoms. The lowest BCUT2D eigenvalue weighted by molar-refractivity contribution is 0.102. The van der Waals surface area contributed by atoms with Gasteiger partial charge in [-0.2, -0.15) is 0 Å². The van der Waals surface area contributed by atoms with E-state index in [1.54, 1.807) is 31.4 Å². The van der Waals surface area contributed by atoms with Crippen LogP contribution in [0, 0.1) is 5.82 Å². The van der Waals surface area contributed by atoms with Crippen LogP contribution in [0.15, 0.2) is 53.5 Å². The van der Waals surface area contributed by atoms with E-state index in [0.717, 1.165) is 11.6 Å². The molecule has 0 N–H and O–H groups in total. The second kappa shape index (κ2) is 7.90. The first-order chi connectivity index (χ1) is 12.9. The molecule has 0 aliphatic heterocycles. The molecular weight excluding hydrogens is 394 g/mol. The summed E-state index contributed by atoms with van der Waals surface area (Å²) in [7, 11) is 1.55. The maximum Gasteiger partial charge on any atom is 0.280 e. The van der Waals surface area contributed by atoms with Crippen molar-refractivity contribution in [3.63, 3.8) is 0 Å². The maximum atomic E-state index is 14.1. The summed E-state index contributed by atoms with van der Waals surface area (Å²) in [4.78, 5) is 29.2. The molecule has 5 nitrogen and oxygen atoms in total. The molecule has 0 unspecified atom stereocenters. The molecule has 0 saturated carbocycles. The summed E-state index contributed by atoms with van der Waals surface area (Å²) in [6, 6.07) is 10.8. The molecule has 0 amide bonds. The second-order valence-corrected chi connectivity index (χ2v) is 6.41. The van der Waals surface area contributed by atoms with Crippen LogP contribution < -0.4 is 10.3 Å². The first-order valence-corrected chi connectivity index (χ1v) is 8.55. The summed E-state index contributed by atoms with van der Waals surface area (Å²) >= 11 is 11.9. The Kier molecular flexibility index (Phi) is 5.58. The number of benzene rings is 2. The van der Waals surface area contributed by atoms with Crippen LogP contribution in [0.1, 0.15) is 21.6 Å². The van der Waals surface area contributed by atoms with Gasteiger partial charge in [-0.15, -0.1) is 0 Å². The van der Waals surface area contributed by atoms with E-state index in [0.29, 0.717) is 5.75 Å². The van der Waals surface area contributed by atoms with Crippen LogP contribution in [-0.4, -0.2) is 22.4 Å². The maximum absolute atomic E-state index is 14.1. The lowest BCUT2D eigenvalue weighted by Gasteiger charge is -2.10. The van der Waals surface area contributed by atoms with Crippen molar-refractivity contribution in [3.05, 3.63) is 91.8 Å². The number of ether oxygens (including phenoxy) is 1. The fourth-order valence-electron chi connectivity index (χ4n) is 2.53. The van der Waals surface area contributed by atoms with Gasteiger partial charge in [0.1, 0.15) is 16.7 Å². The van der Waals surface area contributed by atoms with E-state index in [-0.39, 0.29) is 16.7 Å². The number of hydrogen-bond donors (Lipinski definition) is 0. The van der Waals surface area contributed by atoms with Gasteiger partial charge in [-0.3, -0.25) is 9.59 Å². The van der Waals surface area contributed by atoms with Gasteiger partial charge in [0.25, 0.3) is 5.56 Å². The number of halogens is 3. The molecule has 3 aromatic rings. The van der Waals surface area contributed by atoms with E-state index >= 15 is 0 Å². The van der Waals surface area contributed by atoms with Crippen LogP contribution in [0.25, 0.3) is 0 Å². The minimum absolute atomic E-state index is 0.0704. The van der Waals surface area contributed by atoms with Crippen molar-refractivity contribution in [2.24, 2.45) is 0 Å². The summed E-state index contributed by atoms with van der Waals surface area (Å²) in [6.07, 6.45) is 1.31. The largest absolute Gasteiger partial charge is 0.497 e. The number of carbonyl (C=O) groups excluding carboxylic acids is 1. The molecule has 3 rings (SSSR count). The smallest absolute Gasteiger partial charge is 0.280 e. The standard InChI is InChI=1S/C19H13Cl2FN2O3/c1-27-12-7-5-11(6-8-12)9-24-10-15(21)23-17(19(24)26)18(25)16-13(20)3-2-4-14(16)22/h2-8,10H,9H2,1H3. The minimum atomic E-state index is -0.922. The van der Waals surface area contributed by atoms with E-state index in [4.69, 9.17) is 27.9 Å². The third kappa shape index (κ3) is 4.02. The monoisotopic (exact) mass is 406 g/mol. The van der Waals surface area contributed by atoms with Crippen molar-refractivity contribution in [2.45, 2.75) is 6.54 Å². The SMILES string of the molecule is COc1ccc(Cn2cc(Cl)nc(C(=O)c3c(F)cccc3Cl)c2=O)cc1. The Labute approximate surface area is 163 Å². The van der Waals surface area contributed by atoms with E-state index in [1.165, 1.54) is 22.9 Å². The third-order valence-corrected chi connectivity index (χ3v) is 4.36. The summed E-state index contributed by atoms with van der Waals surface area (Å²) in [5.74, 6) is -1.09. The highest BCUT2D eigenvalue weighted by Gasteiger charge is 2.23. The topological polar surface area (TPSA) is 61.2 Å². The average molecular weight is 407 g/mol. The second-order valence-electron chi connectivity index (χ2n) is 5.62. The zero-order valence-electron chi connectivity index (χ0n) is 14.1. The van der Waals surface area contributed by atoms with Gasteiger partial charge >= 0.3 is 0 Å². The predicted molar refractivity (Wildman–Crippen MR) is 100 cm³/mol. The van der Waals surface area contributed by atoms with Gasteiger partial charge < -0.3 is 9.30 Å². The van der Waals surface area contributed by atoms with Crippen molar-refractivity contribution in [1.82, 2.24) is 9.55 Å². The number of aromatic nitrogens is 2. The Morgan fingerprint density at radius 3 is 2.52 bits per heavy atom. The minimum Gasteiger partial charge on any atom is -0.497 e.